The average molecular weight is 282 g/mol. The van der Waals surface area contributed by atoms with Crippen LogP contribution in [0, 0.1) is 0 Å². The summed E-state index contributed by atoms with van der Waals surface area (Å²) in [5.74, 6) is 0.330. The molecule has 0 radical (unpaired) electrons. The highest BCUT2D eigenvalue weighted by molar-refractivity contribution is 5.67. The molecule has 3 aromatic rings. The van der Waals surface area contributed by atoms with E-state index in [1.54, 1.807) is 12.3 Å². The first-order chi connectivity index (χ1) is 9.54. The van der Waals surface area contributed by atoms with E-state index >= 15 is 0 Å². The molecule has 0 amide bonds. The number of anilines is 1. The maximum Gasteiger partial charge on any atom is 0.435 e. The summed E-state index contributed by atoms with van der Waals surface area (Å²) in [6.07, 6.45) is 1.34. The first-order valence-electron chi connectivity index (χ1n) is 5.70. The largest absolute Gasteiger partial charge is 0.472 e. The van der Waals surface area contributed by atoms with E-state index in [0.29, 0.717) is 12.4 Å². The number of aromatic nitrogens is 3. The first-order valence-corrected chi connectivity index (χ1v) is 5.70. The predicted octanol–water partition coefficient (Wildman–Crippen LogP) is 2.95. The molecule has 8 heteroatoms. The molecular formula is C12H9F3N4O. The summed E-state index contributed by atoms with van der Waals surface area (Å²) >= 11 is 0. The summed E-state index contributed by atoms with van der Waals surface area (Å²) in [4.78, 5) is 4.03. The standard InChI is InChI=1S/C12H9F3N4O/c13-12(14,15)10-5-9-11(16-2-3-19(9)18-10)17-6-8-1-4-20-7-8/h1-5,7H,6H2,(H,16,17). The Morgan fingerprint density at radius 2 is 2.20 bits per heavy atom. The van der Waals surface area contributed by atoms with E-state index in [-0.39, 0.29) is 5.52 Å². The maximum absolute atomic E-state index is 12.6. The van der Waals surface area contributed by atoms with Crippen LogP contribution in [-0.4, -0.2) is 14.6 Å². The predicted molar refractivity (Wildman–Crippen MR) is 64.0 cm³/mol. The smallest absolute Gasteiger partial charge is 0.435 e. The van der Waals surface area contributed by atoms with Crippen LogP contribution >= 0.6 is 0 Å². The molecule has 104 valence electrons. The van der Waals surface area contributed by atoms with Crippen molar-refractivity contribution in [2.45, 2.75) is 12.7 Å². The van der Waals surface area contributed by atoms with Crippen LogP contribution in [0.3, 0.4) is 0 Å². The average Bonchev–Trinajstić information content (AvgIpc) is 3.04. The molecule has 1 N–H and O–H groups in total. The van der Waals surface area contributed by atoms with Crippen molar-refractivity contribution in [1.29, 1.82) is 0 Å². The Balaban J connectivity index is 1.92. The van der Waals surface area contributed by atoms with Crippen molar-refractivity contribution >= 4 is 11.3 Å². The number of alkyl halides is 3. The van der Waals surface area contributed by atoms with Crippen LogP contribution < -0.4 is 5.32 Å². The van der Waals surface area contributed by atoms with Crippen LogP contribution in [0.1, 0.15) is 11.3 Å². The molecular weight excluding hydrogens is 273 g/mol. The summed E-state index contributed by atoms with van der Waals surface area (Å²) in [6.45, 7) is 0.399. The monoisotopic (exact) mass is 282 g/mol. The van der Waals surface area contributed by atoms with Crippen molar-refractivity contribution in [3.8, 4) is 0 Å². The molecule has 3 rings (SSSR count). The molecule has 3 heterocycles. The molecule has 0 aliphatic carbocycles. The van der Waals surface area contributed by atoms with Gasteiger partial charge in [0.25, 0.3) is 0 Å². The van der Waals surface area contributed by atoms with Crippen LogP contribution in [0.5, 0.6) is 0 Å². The van der Waals surface area contributed by atoms with Gasteiger partial charge in [0, 0.05) is 30.6 Å². The molecule has 0 spiro atoms. The fraction of sp³-hybridized carbons (Fsp3) is 0.167. The third-order valence-corrected chi connectivity index (χ3v) is 2.72. The topological polar surface area (TPSA) is 55.4 Å². The molecule has 0 atom stereocenters. The number of halogens is 3. The molecule has 0 aliphatic rings. The summed E-state index contributed by atoms with van der Waals surface area (Å²) < 4.78 is 44.0. The van der Waals surface area contributed by atoms with Crippen LogP contribution in [0.2, 0.25) is 0 Å². The van der Waals surface area contributed by atoms with E-state index in [4.69, 9.17) is 4.42 Å². The molecule has 5 nitrogen and oxygen atoms in total. The normalized spacial score (nSPS) is 11.9. The number of nitrogens with zero attached hydrogens (tertiary/aromatic N) is 3. The van der Waals surface area contributed by atoms with Gasteiger partial charge in [-0.25, -0.2) is 9.50 Å². The van der Waals surface area contributed by atoms with Gasteiger partial charge in [0.1, 0.15) is 5.52 Å². The zero-order chi connectivity index (χ0) is 14.2. The van der Waals surface area contributed by atoms with E-state index in [2.05, 4.69) is 15.4 Å². The van der Waals surface area contributed by atoms with Crippen molar-refractivity contribution in [2.75, 3.05) is 5.32 Å². The Hall–Kier alpha value is -2.51. The minimum atomic E-state index is -4.48. The molecule has 0 saturated carbocycles. The van der Waals surface area contributed by atoms with Crippen LogP contribution in [-0.2, 0) is 12.7 Å². The SMILES string of the molecule is FC(F)(F)c1cc2c(NCc3ccoc3)nccn2n1. The highest BCUT2D eigenvalue weighted by Gasteiger charge is 2.34. The van der Waals surface area contributed by atoms with Gasteiger partial charge < -0.3 is 9.73 Å². The highest BCUT2D eigenvalue weighted by atomic mass is 19.4. The van der Waals surface area contributed by atoms with Gasteiger partial charge in [0.05, 0.1) is 12.5 Å². The van der Waals surface area contributed by atoms with Crippen molar-refractivity contribution in [3.63, 3.8) is 0 Å². The quantitative estimate of drug-likeness (QED) is 0.802. The molecule has 0 aromatic carbocycles. The van der Waals surface area contributed by atoms with Crippen molar-refractivity contribution in [3.05, 3.63) is 48.3 Å². The Bertz CT molecular complexity index is 718. The number of rotatable bonds is 3. The van der Waals surface area contributed by atoms with Crippen LogP contribution in [0.25, 0.3) is 5.52 Å². The van der Waals surface area contributed by atoms with Gasteiger partial charge in [0.15, 0.2) is 11.5 Å². The zero-order valence-electron chi connectivity index (χ0n) is 10.1. The number of nitrogens with one attached hydrogen (secondary N) is 1. The van der Waals surface area contributed by atoms with Gasteiger partial charge in [-0.05, 0) is 6.07 Å². The summed E-state index contributed by atoms with van der Waals surface area (Å²) in [5, 5.41) is 6.44. The van der Waals surface area contributed by atoms with Crippen LogP contribution in [0.15, 0.2) is 41.5 Å². The zero-order valence-corrected chi connectivity index (χ0v) is 10.1. The summed E-state index contributed by atoms with van der Waals surface area (Å²) in [6, 6.07) is 2.72. The lowest BCUT2D eigenvalue weighted by Crippen LogP contribution is -2.05. The Morgan fingerprint density at radius 1 is 1.35 bits per heavy atom. The fourth-order valence-corrected chi connectivity index (χ4v) is 1.78. The van der Waals surface area contributed by atoms with E-state index in [0.717, 1.165) is 16.1 Å². The lowest BCUT2D eigenvalue weighted by Gasteiger charge is -2.04. The van der Waals surface area contributed by atoms with Crippen molar-refractivity contribution < 1.29 is 17.6 Å². The van der Waals surface area contributed by atoms with Gasteiger partial charge in [0.2, 0.25) is 0 Å². The fourth-order valence-electron chi connectivity index (χ4n) is 1.78. The number of furan rings is 1. The lowest BCUT2D eigenvalue weighted by atomic mass is 10.3. The summed E-state index contributed by atoms with van der Waals surface area (Å²) in [5.41, 5.74) is 0.185. The lowest BCUT2D eigenvalue weighted by molar-refractivity contribution is -0.141. The van der Waals surface area contributed by atoms with Crippen molar-refractivity contribution in [2.24, 2.45) is 0 Å². The molecule has 0 saturated heterocycles. The second-order valence-corrected chi connectivity index (χ2v) is 4.12. The van der Waals surface area contributed by atoms with Crippen LogP contribution in [0.4, 0.5) is 19.0 Å². The molecule has 3 aromatic heterocycles. The number of hydrogen-bond donors (Lipinski definition) is 1. The third-order valence-electron chi connectivity index (χ3n) is 2.72. The van der Waals surface area contributed by atoms with Gasteiger partial charge in [-0.1, -0.05) is 0 Å². The number of hydrogen-bond acceptors (Lipinski definition) is 4. The summed E-state index contributed by atoms with van der Waals surface area (Å²) in [7, 11) is 0. The highest BCUT2D eigenvalue weighted by Crippen LogP contribution is 2.30. The molecule has 0 unspecified atom stereocenters. The van der Waals surface area contributed by atoms with E-state index in [1.165, 1.54) is 18.7 Å². The second-order valence-electron chi connectivity index (χ2n) is 4.12. The maximum atomic E-state index is 12.6. The molecule has 0 fully saturated rings. The minimum absolute atomic E-state index is 0.267. The Morgan fingerprint density at radius 3 is 2.90 bits per heavy atom. The van der Waals surface area contributed by atoms with Gasteiger partial charge in [-0.3, -0.25) is 0 Å². The van der Waals surface area contributed by atoms with E-state index < -0.39 is 11.9 Å². The number of fused-ring (bicyclic) bond motifs is 1. The van der Waals surface area contributed by atoms with E-state index in [9.17, 15) is 13.2 Å². The minimum Gasteiger partial charge on any atom is -0.472 e. The van der Waals surface area contributed by atoms with Crippen molar-refractivity contribution in [1.82, 2.24) is 14.6 Å². The van der Waals surface area contributed by atoms with Gasteiger partial charge in [-0.15, -0.1) is 0 Å². The Kier molecular flexibility index (Phi) is 2.85. The van der Waals surface area contributed by atoms with Gasteiger partial charge >= 0.3 is 6.18 Å². The molecule has 0 aliphatic heterocycles. The molecule has 20 heavy (non-hydrogen) atoms. The Labute approximate surface area is 111 Å². The molecule has 0 bridgehead atoms. The van der Waals surface area contributed by atoms with Gasteiger partial charge in [-0.2, -0.15) is 18.3 Å². The first kappa shape index (κ1) is 12.5. The van der Waals surface area contributed by atoms with E-state index in [1.807, 2.05) is 0 Å². The third kappa shape index (κ3) is 2.31. The second kappa shape index (κ2) is 4.55.